The van der Waals surface area contributed by atoms with E-state index in [0.717, 1.165) is 24.3 Å². The molecule has 0 atom stereocenters. The molecule has 0 heterocycles. The van der Waals surface area contributed by atoms with Crippen LogP contribution in [0, 0.1) is 0 Å². The summed E-state index contributed by atoms with van der Waals surface area (Å²) in [6.45, 7) is 8.08. The van der Waals surface area contributed by atoms with Crippen LogP contribution >= 0.6 is 0 Å². The lowest BCUT2D eigenvalue weighted by Crippen LogP contribution is -2.15. The van der Waals surface area contributed by atoms with Crippen molar-refractivity contribution in [1.82, 2.24) is 0 Å². The maximum atomic E-state index is 11.7. The summed E-state index contributed by atoms with van der Waals surface area (Å²) in [5, 5.41) is 2.71. The minimum atomic E-state index is -0.142. The Balaban J connectivity index is 1.77. The number of carbonyl (C=O) groups is 2. The van der Waals surface area contributed by atoms with Crippen molar-refractivity contribution in [2.24, 2.45) is 0 Å². The van der Waals surface area contributed by atoms with Crippen molar-refractivity contribution in [2.75, 3.05) is 71.4 Å². The van der Waals surface area contributed by atoms with E-state index in [0.29, 0.717) is 65.9 Å². The van der Waals surface area contributed by atoms with Crippen molar-refractivity contribution in [3.63, 3.8) is 0 Å². The highest BCUT2D eigenvalue weighted by atomic mass is 16.6. The number of ether oxygens (including phenoxy) is 6. The zero-order valence-electron chi connectivity index (χ0n) is 22.8. The predicted molar refractivity (Wildman–Crippen MR) is 143 cm³/mol. The molecule has 212 valence electrons. The molecule has 0 aliphatic carbocycles. The van der Waals surface area contributed by atoms with E-state index in [4.69, 9.17) is 28.4 Å². The number of esters is 1. The SMILES string of the molecule is CCCCCCCCCC(=O)OCCOCCOCCOCCOCCOc1ccc(NC(C)=O)cc1. The van der Waals surface area contributed by atoms with Crippen LogP contribution < -0.4 is 10.1 Å². The minimum absolute atomic E-state index is 0.106. The first-order valence-corrected chi connectivity index (χ1v) is 13.6. The molecule has 0 aliphatic rings. The van der Waals surface area contributed by atoms with Crippen LogP contribution in [0.25, 0.3) is 0 Å². The van der Waals surface area contributed by atoms with Crippen molar-refractivity contribution in [3.8, 4) is 5.75 Å². The average Bonchev–Trinajstić information content (AvgIpc) is 2.88. The molecule has 0 bridgehead atoms. The number of unbranched alkanes of at least 4 members (excludes halogenated alkanes) is 6. The second-order valence-corrected chi connectivity index (χ2v) is 8.60. The van der Waals surface area contributed by atoms with Gasteiger partial charge in [-0.25, -0.2) is 0 Å². The molecule has 1 rings (SSSR count). The normalized spacial score (nSPS) is 10.9. The van der Waals surface area contributed by atoms with Gasteiger partial charge in [0.2, 0.25) is 5.91 Å². The van der Waals surface area contributed by atoms with E-state index in [1.807, 2.05) is 0 Å². The van der Waals surface area contributed by atoms with Crippen LogP contribution in [-0.2, 0) is 33.3 Å². The summed E-state index contributed by atoms with van der Waals surface area (Å²) >= 11 is 0. The number of hydrogen-bond acceptors (Lipinski definition) is 8. The van der Waals surface area contributed by atoms with Gasteiger partial charge < -0.3 is 33.7 Å². The smallest absolute Gasteiger partial charge is 0.305 e. The van der Waals surface area contributed by atoms with Crippen molar-refractivity contribution in [3.05, 3.63) is 24.3 Å². The van der Waals surface area contributed by atoms with Crippen LogP contribution in [0.4, 0.5) is 5.69 Å². The summed E-state index contributed by atoms with van der Waals surface area (Å²) in [6, 6.07) is 7.17. The van der Waals surface area contributed by atoms with Crippen LogP contribution in [0.15, 0.2) is 24.3 Å². The molecule has 0 unspecified atom stereocenters. The largest absolute Gasteiger partial charge is 0.491 e. The van der Waals surface area contributed by atoms with Crippen molar-refractivity contribution >= 4 is 17.6 Å². The van der Waals surface area contributed by atoms with E-state index in [1.165, 1.54) is 39.0 Å². The molecule has 1 N–H and O–H groups in total. The van der Waals surface area contributed by atoms with Crippen molar-refractivity contribution in [1.29, 1.82) is 0 Å². The Hall–Kier alpha value is -2.20. The van der Waals surface area contributed by atoms with E-state index in [-0.39, 0.29) is 18.5 Å². The van der Waals surface area contributed by atoms with Crippen molar-refractivity contribution < 1.29 is 38.0 Å². The quantitative estimate of drug-likeness (QED) is 0.144. The van der Waals surface area contributed by atoms with Gasteiger partial charge in [-0.3, -0.25) is 9.59 Å². The standard InChI is InChI=1S/C28H47NO8/c1-3-4-5-6-7-8-9-10-28(31)37-24-22-35-20-18-33-16-15-32-17-19-34-21-23-36-27-13-11-26(12-14-27)29-25(2)30/h11-14H,3-10,15-24H2,1-2H3,(H,29,30). The summed E-state index contributed by atoms with van der Waals surface area (Å²) in [6.07, 6.45) is 8.80. The lowest BCUT2D eigenvalue weighted by Gasteiger charge is -2.09. The third kappa shape index (κ3) is 21.6. The lowest BCUT2D eigenvalue weighted by atomic mass is 10.1. The number of hydrogen-bond donors (Lipinski definition) is 1. The first kappa shape index (κ1) is 32.8. The summed E-state index contributed by atoms with van der Waals surface area (Å²) in [5.74, 6) is 0.469. The first-order chi connectivity index (χ1) is 18.1. The fourth-order valence-electron chi connectivity index (χ4n) is 3.33. The van der Waals surface area contributed by atoms with E-state index < -0.39 is 0 Å². The third-order valence-corrected chi connectivity index (χ3v) is 5.26. The Bertz CT molecular complexity index is 683. The van der Waals surface area contributed by atoms with E-state index in [9.17, 15) is 9.59 Å². The molecule has 37 heavy (non-hydrogen) atoms. The second-order valence-electron chi connectivity index (χ2n) is 8.60. The molecule has 0 spiro atoms. The van der Waals surface area contributed by atoms with Gasteiger partial charge in [0, 0.05) is 19.0 Å². The van der Waals surface area contributed by atoms with Crippen LogP contribution in [0.2, 0.25) is 0 Å². The molecule has 1 amide bonds. The molecule has 1 aromatic rings. The number of benzene rings is 1. The van der Waals surface area contributed by atoms with Gasteiger partial charge in [-0.2, -0.15) is 0 Å². The minimum Gasteiger partial charge on any atom is -0.491 e. The zero-order chi connectivity index (χ0) is 26.8. The van der Waals surface area contributed by atoms with Gasteiger partial charge in [-0.05, 0) is 30.7 Å². The fourth-order valence-corrected chi connectivity index (χ4v) is 3.33. The van der Waals surface area contributed by atoms with Crippen molar-refractivity contribution in [2.45, 2.75) is 65.2 Å². The summed E-state index contributed by atoms with van der Waals surface area (Å²) in [7, 11) is 0. The zero-order valence-corrected chi connectivity index (χ0v) is 22.8. The molecule has 9 heteroatoms. The average molecular weight is 526 g/mol. The van der Waals surface area contributed by atoms with Gasteiger partial charge in [0.1, 0.15) is 19.0 Å². The molecule has 9 nitrogen and oxygen atoms in total. The Kier molecular flexibility index (Phi) is 21.4. The van der Waals surface area contributed by atoms with Crippen LogP contribution in [0.5, 0.6) is 5.75 Å². The Morgan fingerprint density at radius 1 is 0.649 bits per heavy atom. The molecule has 0 aliphatic heterocycles. The molecular formula is C28H47NO8. The summed E-state index contributed by atoms with van der Waals surface area (Å²) < 4.78 is 32.5. The Morgan fingerprint density at radius 3 is 1.68 bits per heavy atom. The van der Waals surface area contributed by atoms with Gasteiger partial charge in [-0.15, -0.1) is 0 Å². The highest BCUT2D eigenvalue weighted by molar-refractivity contribution is 5.88. The van der Waals surface area contributed by atoms with Gasteiger partial charge in [0.05, 0.1) is 52.9 Å². The predicted octanol–water partition coefficient (Wildman–Crippen LogP) is 4.77. The molecule has 1 aromatic carbocycles. The highest BCUT2D eigenvalue weighted by Crippen LogP contribution is 2.15. The monoisotopic (exact) mass is 525 g/mol. The Labute approximate surface area is 222 Å². The first-order valence-electron chi connectivity index (χ1n) is 13.6. The number of carbonyl (C=O) groups excluding carboxylic acids is 2. The maximum Gasteiger partial charge on any atom is 0.305 e. The van der Waals surface area contributed by atoms with Gasteiger partial charge in [0.25, 0.3) is 0 Å². The van der Waals surface area contributed by atoms with Crippen LogP contribution in [0.3, 0.4) is 0 Å². The summed E-state index contributed by atoms with van der Waals surface area (Å²) in [4.78, 5) is 22.7. The number of rotatable bonds is 25. The van der Waals surface area contributed by atoms with E-state index in [2.05, 4.69) is 12.2 Å². The number of anilines is 1. The molecular weight excluding hydrogens is 478 g/mol. The topological polar surface area (TPSA) is 102 Å². The van der Waals surface area contributed by atoms with Crippen LogP contribution in [0.1, 0.15) is 65.2 Å². The summed E-state index contributed by atoms with van der Waals surface area (Å²) in [5.41, 5.74) is 0.733. The highest BCUT2D eigenvalue weighted by Gasteiger charge is 2.03. The lowest BCUT2D eigenvalue weighted by molar-refractivity contribution is -0.145. The molecule has 0 saturated carbocycles. The van der Waals surface area contributed by atoms with E-state index in [1.54, 1.807) is 24.3 Å². The fraction of sp³-hybridized carbons (Fsp3) is 0.714. The molecule has 0 radical (unpaired) electrons. The van der Waals surface area contributed by atoms with Crippen LogP contribution in [-0.4, -0.2) is 77.9 Å². The maximum absolute atomic E-state index is 11.7. The van der Waals surface area contributed by atoms with Gasteiger partial charge in [-0.1, -0.05) is 45.4 Å². The molecule has 0 saturated heterocycles. The third-order valence-electron chi connectivity index (χ3n) is 5.26. The van der Waals surface area contributed by atoms with Gasteiger partial charge in [0.15, 0.2) is 0 Å². The molecule has 0 aromatic heterocycles. The second kappa shape index (κ2) is 24.2. The Morgan fingerprint density at radius 2 is 1.14 bits per heavy atom. The number of nitrogens with one attached hydrogen (secondary N) is 1. The molecule has 0 fully saturated rings. The van der Waals surface area contributed by atoms with Gasteiger partial charge >= 0.3 is 5.97 Å². The van der Waals surface area contributed by atoms with E-state index >= 15 is 0 Å². The number of amides is 1.